The first-order valence-electron chi connectivity index (χ1n) is 9.61. The van der Waals surface area contributed by atoms with Crippen molar-refractivity contribution in [3.05, 3.63) is 11.6 Å². The van der Waals surface area contributed by atoms with E-state index in [-0.39, 0.29) is 35.4 Å². The Morgan fingerprint density at radius 2 is 2.15 bits per heavy atom. The van der Waals surface area contributed by atoms with Crippen molar-refractivity contribution in [2.24, 2.45) is 16.3 Å². The van der Waals surface area contributed by atoms with Crippen LogP contribution in [0.1, 0.15) is 57.7 Å². The molecule has 8 heteroatoms. The standard InChI is InChI=1S/C18H30N6O.HI/c1-5-19-17(22-14-12-8-10-25-15(12)18(14,3)4)21-13-7-6-9-24-16(13)20-11(2)23-24;/h12-15H,5-10H2,1-4H3,(H2,19,21,22);1H. The molecule has 2 N–H and O–H groups in total. The maximum Gasteiger partial charge on any atom is 0.192 e. The van der Waals surface area contributed by atoms with E-state index in [4.69, 9.17) is 9.73 Å². The Bertz CT molecular complexity index is 673. The van der Waals surface area contributed by atoms with Crippen LogP contribution in [0, 0.1) is 18.3 Å². The van der Waals surface area contributed by atoms with Gasteiger partial charge in [0.25, 0.3) is 0 Å². The second-order valence-corrected chi connectivity index (χ2v) is 8.09. The van der Waals surface area contributed by atoms with E-state index < -0.39 is 0 Å². The minimum Gasteiger partial charge on any atom is -0.377 e. The maximum absolute atomic E-state index is 5.92. The van der Waals surface area contributed by atoms with Crippen LogP contribution in [0.5, 0.6) is 0 Å². The zero-order valence-corrected chi connectivity index (χ0v) is 18.5. The number of hydrogen-bond donors (Lipinski definition) is 2. The molecule has 7 nitrogen and oxygen atoms in total. The molecule has 4 rings (SSSR count). The van der Waals surface area contributed by atoms with Crippen molar-refractivity contribution < 1.29 is 4.74 Å². The van der Waals surface area contributed by atoms with Crippen LogP contribution in [0.4, 0.5) is 0 Å². The first-order chi connectivity index (χ1) is 12.0. The van der Waals surface area contributed by atoms with Gasteiger partial charge in [0.1, 0.15) is 11.6 Å². The van der Waals surface area contributed by atoms with E-state index in [1.165, 1.54) is 0 Å². The van der Waals surface area contributed by atoms with Crippen molar-refractivity contribution in [3.8, 4) is 0 Å². The lowest BCUT2D eigenvalue weighted by Gasteiger charge is -2.55. The van der Waals surface area contributed by atoms with Gasteiger partial charge in [-0.3, -0.25) is 4.99 Å². The molecule has 1 aliphatic carbocycles. The summed E-state index contributed by atoms with van der Waals surface area (Å²) in [6.45, 7) is 11.2. The molecule has 1 saturated carbocycles. The van der Waals surface area contributed by atoms with Gasteiger partial charge < -0.3 is 15.4 Å². The lowest BCUT2D eigenvalue weighted by atomic mass is 9.57. The number of guanidine groups is 1. The van der Waals surface area contributed by atoms with Gasteiger partial charge in [-0.05, 0) is 33.1 Å². The summed E-state index contributed by atoms with van der Waals surface area (Å²) in [6, 6.07) is 0.576. The first-order valence-corrected chi connectivity index (χ1v) is 9.61. The second kappa shape index (κ2) is 7.61. The van der Waals surface area contributed by atoms with Gasteiger partial charge in [0, 0.05) is 37.1 Å². The van der Waals surface area contributed by atoms with E-state index in [2.05, 4.69) is 41.5 Å². The van der Waals surface area contributed by atoms with Gasteiger partial charge in [-0.2, -0.15) is 5.10 Å². The van der Waals surface area contributed by atoms with Gasteiger partial charge >= 0.3 is 0 Å². The molecule has 0 aromatic carbocycles. The molecule has 2 aliphatic heterocycles. The predicted octanol–water partition coefficient (Wildman–Crippen LogP) is 2.41. The molecule has 2 fully saturated rings. The Balaban J connectivity index is 0.00000196. The van der Waals surface area contributed by atoms with E-state index in [0.29, 0.717) is 18.1 Å². The highest BCUT2D eigenvalue weighted by atomic mass is 127. The number of halogens is 1. The van der Waals surface area contributed by atoms with Crippen LogP contribution < -0.4 is 10.6 Å². The predicted molar refractivity (Wildman–Crippen MR) is 112 cm³/mol. The van der Waals surface area contributed by atoms with E-state index in [1.54, 1.807) is 0 Å². The van der Waals surface area contributed by atoms with Gasteiger partial charge in [0.2, 0.25) is 0 Å². The zero-order valence-electron chi connectivity index (χ0n) is 16.2. The third kappa shape index (κ3) is 3.34. The zero-order chi connectivity index (χ0) is 17.6. The van der Waals surface area contributed by atoms with E-state index in [9.17, 15) is 0 Å². The molecule has 146 valence electrons. The monoisotopic (exact) mass is 474 g/mol. The van der Waals surface area contributed by atoms with Crippen LogP contribution in [0.15, 0.2) is 4.99 Å². The Morgan fingerprint density at radius 3 is 2.92 bits per heavy atom. The molecule has 3 aliphatic rings. The normalized spacial score (nSPS) is 32.1. The molecule has 26 heavy (non-hydrogen) atoms. The summed E-state index contributed by atoms with van der Waals surface area (Å²) < 4.78 is 7.95. The number of aromatic nitrogens is 3. The topological polar surface area (TPSA) is 76.4 Å². The fourth-order valence-corrected chi connectivity index (χ4v) is 4.83. The summed E-state index contributed by atoms with van der Waals surface area (Å²) in [6.07, 6.45) is 3.70. The summed E-state index contributed by atoms with van der Waals surface area (Å²) in [5.41, 5.74) is 0.139. The summed E-state index contributed by atoms with van der Waals surface area (Å²) in [5.74, 6) is 3.36. The van der Waals surface area contributed by atoms with Gasteiger partial charge in [-0.1, -0.05) is 13.8 Å². The number of rotatable bonds is 3. The molecule has 4 unspecified atom stereocenters. The number of fused-ring (bicyclic) bond motifs is 2. The van der Waals surface area contributed by atoms with Gasteiger partial charge in [0.15, 0.2) is 5.96 Å². The van der Waals surface area contributed by atoms with Crippen LogP contribution in [-0.4, -0.2) is 46.0 Å². The smallest absolute Gasteiger partial charge is 0.192 e. The number of hydrogen-bond acceptors (Lipinski definition) is 4. The second-order valence-electron chi connectivity index (χ2n) is 8.09. The van der Waals surface area contributed by atoms with Crippen LogP contribution in [0.2, 0.25) is 0 Å². The third-order valence-electron chi connectivity index (χ3n) is 6.00. The largest absolute Gasteiger partial charge is 0.377 e. The molecule has 4 atom stereocenters. The van der Waals surface area contributed by atoms with Crippen molar-refractivity contribution in [2.75, 3.05) is 13.2 Å². The number of ether oxygens (including phenoxy) is 1. The average molecular weight is 474 g/mol. The van der Waals surface area contributed by atoms with Crippen molar-refractivity contribution in [3.63, 3.8) is 0 Å². The number of nitrogens with zero attached hydrogens (tertiary/aromatic N) is 4. The maximum atomic E-state index is 5.92. The summed E-state index contributed by atoms with van der Waals surface area (Å²) >= 11 is 0. The number of nitrogens with one attached hydrogen (secondary N) is 2. The lowest BCUT2D eigenvalue weighted by molar-refractivity contribution is -0.106. The summed E-state index contributed by atoms with van der Waals surface area (Å²) in [5, 5.41) is 11.8. The van der Waals surface area contributed by atoms with Crippen LogP contribution in [-0.2, 0) is 11.3 Å². The van der Waals surface area contributed by atoms with Gasteiger partial charge in [0.05, 0.1) is 12.1 Å². The molecular formula is C18H31IN6O. The van der Waals surface area contributed by atoms with Crippen molar-refractivity contribution in [1.82, 2.24) is 25.4 Å². The number of aliphatic imine (C=N–C) groups is 1. The Kier molecular flexibility index (Phi) is 5.81. The average Bonchev–Trinajstić information content (AvgIpc) is 3.17. The molecule has 1 aromatic heterocycles. The molecule has 1 saturated heterocycles. The van der Waals surface area contributed by atoms with E-state index in [0.717, 1.165) is 56.6 Å². The summed E-state index contributed by atoms with van der Waals surface area (Å²) in [7, 11) is 0. The van der Waals surface area contributed by atoms with Crippen molar-refractivity contribution in [1.29, 1.82) is 0 Å². The molecule has 0 bridgehead atoms. The van der Waals surface area contributed by atoms with E-state index >= 15 is 0 Å². The highest BCUT2D eigenvalue weighted by Crippen LogP contribution is 2.52. The van der Waals surface area contributed by atoms with Crippen LogP contribution >= 0.6 is 24.0 Å². The lowest BCUT2D eigenvalue weighted by Crippen LogP contribution is -2.68. The Hall–Kier alpha value is -0.900. The van der Waals surface area contributed by atoms with Crippen molar-refractivity contribution in [2.45, 2.75) is 71.7 Å². The minimum atomic E-state index is 0. The fraction of sp³-hybridized carbons (Fsp3) is 0.833. The molecule has 0 radical (unpaired) electrons. The molecular weight excluding hydrogens is 443 g/mol. The third-order valence-corrected chi connectivity index (χ3v) is 6.00. The SMILES string of the molecule is CCN=C(NC1CCCn2nc(C)nc21)NC1C2CCOC2C1(C)C.I. The highest BCUT2D eigenvalue weighted by molar-refractivity contribution is 14.0. The fourth-order valence-electron chi connectivity index (χ4n) is 4.83. The van der Waals surface area contributed by atoms with E-state index in [1.807, 2.05) is 11.6 Å². The van der Waals surface area contributed by atoms with Gasteiger partial charge in [-0.15, -0.1) is 24.0 Å². The molecule has 0 amide bonds. The Labute approximate surface area is 172 Å². The highest BCUT2D eigenvalue weighted by Gasteiger charge is 2.59. The van der Waals surface area contributed by atoms with Crippen LogP contribution in [0.25, 0.3) is 0 Å². The van der Waals surface area contributed by atoms with Crippen molar-refractivity contribution >= 4 is 29.9 Å². The molecule has 1 aromatic rings. The molecule has 3 heterocycles. The quantitative estimate of drug-likeness (QED) is 0.400. The Morgan fingerprint density at radius 1 is 1.35 bits per heavy atom. The first kappa shape index (κ1) is 19.9. The summed E-state index contributed by atoms with van der Waals surface area (Å²) in [4.78, 5) is 9.32. The molecule has 0 spiro atoms. The number of aryl methyl sites for hydroxylation is 2. The minimum absolute atomic E-state index is 0. The van der Waals surface area contributed by atoms with Gasteiger partial charge in [-0.25, -0.2) is 9.67 Å². The van der Waals surface area contributed by atoms with Crippen LogP contribution in [0.3, 0.4) is 0 Å².